The van der Waals surface area contributed by atoms with Crippen LogP contribution in [-0.4, -0.2) is 24.1 Å². The average molecular weight is 383 g/mol. The summed E-state index contributed by atoms with van der Waals surface area (Å²) in [4.78, 5) is 16.6. The molecular weight excluding hydrogens is 368 g/mol. The van der Waals surface area contributed by atoms with Crippen LogP contribution in [0.2, 0.25) is 0 Å². The van der Waals surface area contributed by atoms with Gasteiger partial charge in [0.2, 0.25) is 0 Å². The Kier molecular flexibility index (Phi) is 4.76. The van der Waals surface area contributed by atoms with Crippen molar-refractivity contribution in [2.45, 2.75) is 0 Å². The van der Waals surface area contributed by atoms with Gasteiger partial charge in [0.15, 0.2) is 23.1 Å². The van der Waals surface area contributed by atoms with E-state index in [1.165, 1.54) is 18.3 Å². The summed E-state index contributed by atoms with van der Waals surface area (Å²) in [6.45, 7) is 0.942. The molecule has 3 aromatic rings. The van der Waals surface area contributed by atoms with Gasteiger partial charge in [-0.15, -0.1) is 0 Å². The number of halogens is 2. The van der Waals surface area contributed by atoms with E-state index in [0.717, 1.165) is 12.1 Å². The lowest BCUT2D eigenvalue weighted by Gasteiger charge is -2.19. The zero-order chi connectivity index (χ0) is 19.5. The van der Waals surface area contributed by atoms with E-state index in [9.17, 15) is 13.6 Å². The molecule has 6 nitrogen and oxygen atoms in total. The Labute approximate surface area is 159 Å². The summed E-state index contributed by atoms with van der Waals surface area (Å²) in [7, 11) is 0. The summed E-state index contributed by atoms with van der Waals surface area (Å²) in [5.41, 5.74) is 1.21. The number of ether oxygens (including phenoxy) is 2. The van der Waals surface area contributed by atoms with Gasteiger partial charge in [0.05, 0.1) is 0 Å². The van der Waals surface area contributed by atoms with E-state index in [4.69, 9.17) is 9.47 Å². The highest BCUT2D eigenvalue weighted by molar-refractivity contribution is 6.04. The predicted molar refractivity (Wildman–Crippen MR) is 99.3 cm³/mol. The largest absolute Gasteiger partial charge is 0.486 e. The smallest absolute Gasteiger partial charge is 0.255 e. The number of benzene rings is 2. The average Bonchev–Trinajstić information content (AvgIpc) is 2.71. The fourth-order valence-corrected chi connectivity index (χ4v) is 2.69. The highest BCUT2D eigenvalue weighted by Crippen LogP contribution is 2.32. The Bertz CT molecular complexity index is 1040. The molecular formula is C20H15F2N3O3. The Hall–Kier alpha value is -3.68. The van der Waals surface area contributed by atoms with Gasteiger partial charge in [-0.1, -0.05) is 0 Å². The van der Waals surface area contributed by atoms with Crippen molar-refractivity contribution in [3.05, 3.63) is 71.9 Å². The fourth-order valence-electron chi connectivity index (χ4n) is 2.69. The summed E-state index contributed by atoms with van der Waals surface area (Å²) in [5.74, 6) is -0.748. The lowest BCUT2D eigenvalue weighted by Crippen LogP contribution is -2.16. The molecule has 4 rings (SSSR count). The van der Waals surface area contributed by atoms with Crippen molar-refractivity contribution in [2.24, 2.45) is 0 Å². The summed E-state index contributed by atoms with van der Waals surface area (Å²) >= 11 is 0. The number of rotatable bonds is 4. The number of amides is 1. The topological polar surface area (TPSA) is 72.5 Å². The van der Waals surface area contributed by atoms with E-state index in [-0.39, 0.29) is 5.91 Å². The molecule has 0 fully saturated rings. The molecule has 0 saturated carbocycles. The summed E-state index contributed by atoms with van der Waals surface area (Å²) in [6.07, 6.45) is 1.45. The first kappa shape index (κ1) is 17.7. The van der Waals surface area contributed by atoms with Crippen LogP contribution < -0.4 is 20.1 Å². The lowest BCUT2D eigenvalue weighted by atomic mass is 10.2. The minimum atomic E-state index is -0.975. The van der Waals surface area contributed by atoms with Gasteiger partial charge in [-0.2, -0.15) is 0 Å². The number of carbonyl (C=O) groups is 1. The van der Waals surface area contributed by atoms with Crippen molar-refractivity contribution < 1.29 is 23.0 Å². The van der Waals surface area contributed by atoms with Crippen LogP contribution in [0.4, 0.5) is 26.0 Å². The van der Waals surface area contributed by atoms with Gasteiger partial charge in [0.1, 0.15) is 19.0 Å². The second kappa shape index (κ2) is 7.51. The van der Waals surface area contributed by atoms with E-state index in [1.807, 2.05) is 0 Å². The first-order valence-corrected chi connectivity index (χ1v) is 8.47. The fraction of sp³-hybridized carbons (Fsp3) is 0.100. The number of nitrogens with one attached hydrogen (secondary N) is 2. The van der Waals surface area contributed by atoms with Crippen molar-refractivity contribution in [1.29, 1.82) is 0 Å². The third kappa shape index (κ3) is 3.85. The van der Waals surface area contributed by atoms with Crippen LogP contribution in [0.5, 0.6) is 11.5 Å². The molecule has 0 unspecified atom stereocenters. The van der Waals surface area contributed by atoms with E-state index in [2.05, 4.69) is 15.6 Å². The lowest BCUT2D eigenvalue weighted by molar-refractivity contribution is 0.102. The molecule has 1 aliphatic rings. The molecule has 0 atom stereocenters. The molecule has 2 aromatic carbocycles. The third-order valence-electron chi connectivity index (χ3n) is 4.01. The number of carbonyl (C=O) groups excluding carboxylic acids is 1. The van der Waals surface area contributed by atoms with E-state index in [0.29, 0.717) is 47.5 Å². The molecule has 1 aromatic heterocycles. The van der Waals surface area contributed by atoms with Crippen LogP contribution in [0, 0.1) is 11.6 Å². The molecule has 8 heteroatoms. The highest BCUT2D eigenvalue weighted by atomic mass is 19.2. The highest BCUT2D eigenvalue weighted by Gasteiger charge is 2.14. The van der Waals surface area contributed by atoms with E-state index >= 15 is 0 Å². The van der Waals surface area contributed by atoms with Crippen molar-refractivity contribution >= 4 is 23.1 Å². The van der Waals surface area contributed by atoms with Gasteiger partial charge in [-0.25, -0.2) is 13.8 Å². The van der Waals surface area contributed by atoms with Crippen LogP contribution in [0.3, 0.4) is 0 Å². The SMILES string of the molecule is O=C(Nc1ccc2c(c1)OCCO2)c1ccnc(Nc2ccc(F)c(F)c2)c1. The maximum atomic E-state index is 13.3. The van der Waals surface area contributed by atoms with Crippen molar-refractivity contribution in [1.82, 2.24) is 4.98 Å². The molecule has 2 heterocycles. The van der Waals surface area contributed by atoms with Crippen LogP contribution >= 0.6 is 0 Å². The first-order valence-electron chi connectivity index (χ1n) is 8.47. The maximum Gasteiger partial charge on any atom is 0.255 e. The van der Waals surface area contributed by atoms with Gasteiger partial charge in [-0.05, 0) is 36.4 Å². The summed E-state index contributed by atoms with van der Waals surface area (Å²) in [6, 6.07) is 11.6. The number of pyridine rings is 1. The summed E-state index contributed by atoms with van der Waals surface area (Å²) in [5, 5.41) is 5.61. The van der Waals surface area contributed by atoms with Gasteiger partial charge >= 0.3 is 0 Å². The number of anilines is 3. The second-order valence-corrected chi connectivity index (χ2v) is 6.00. The molecule has 0 bridgehead atoms. The Morgan fingerprint density at radius 3 is 2.50 bits per heavy atom. The molecule has 0 spiro atoms. The maximum absolute atomic E-state index is 13.3. The molecule has 2 N–H and O–H groups in total. The van der Waals surface area contributed by atoms with Crippen LogP contribution in [0.25, 0.3) is 0 Å². The minimum absolute atomic E-state index is 0.316. The van der Waals surface area contributed by atoms with Crippen LogP contribution in [0.15, 0.2) is 54.7 Å². The molecule has 0 aliphatic carbocycles. The molecule has 0 saturated heterocycles. The Morgan fingerprint density at radius 1 is 0.893 bits per heavy atom. The number of fused-ring (bicyclic) bond motifs is 1. The molecule has 28 heavy (non-hydrogen) atoms. The van der Waals surface area contributed by atoms with Crippen molar-refractivity contribution in [2.75, 3.05) is 23.8 Å². The molecule has 0 radical (unpaired) electrons. The van der Waals surface area contributed by atoms with Crippen molar-refractivity contribution in [3.63, 3.8) is 0 Å². The zero-order valence-corrected chi connectivity index (χ0v) is 14.5. The third-order valence-corrected chi connectivity index (χ3v) is 4.01. The van der Waals surface area contributed by atoms with Gasteiger partial charge < -0.3 is 20.1 Å². The normalized spacial score (nSPS) is 12.4. The van der Waals surface area contributed by atoms with Crippen molar-refractivity contribution in [3.8, 4) is 11.5 Å². The Morgan fingerprint density at radius 2 is 1.68 bits per heavy atom. The second-order valence-electron chi connectivity index (χ2n) is 6.00. The molecule has 1 amide bonds. The molecule has 1 aliphatic heterocycles. The van der Waals surface area contributed by atoms with E-state index in [1.54, 1.807) is 24.3 Å². The predicted octanol–water partition coefficient (Wildman–Crippen LogP) is 4.13. The number of hydrogen-bond acceptors (Lipinski definition) is 5. The monoisotopic (exact) mass is 383 g/mol. The van der Waals surface area contributed by atoms with Gasteiger partial charge in [0, 0.05) is 35.3 Å². The standard InChI is InChI=1S/C20H15F2N3O3/c21-15-3-1-13(10-16(15)22)24-19-9-12(5-6-23-19)20(26)25-14-2-4-17-18(11-14)28-8-7-27-17/h1-6,9-11H,7-8H2,(H,23,24)(H,25,26). The summed E-state index contributed by atoms with van der Waals surface area (Å²) < 4.78 is 37.3. The van der Waals surface area contributed by atoms with E-state index < -0.39 is 11.6 Å². The van der Waals surface area contributed by atoms with Gasteiger partial charge in [0.25, 0.3) is 5.91 Å². The molecule has 142 valence electrons. The van der Waals surface area contributed by atoms with Crippen LogP contribution in [-0.2, 0) is 0 Å². The minimum Gasteiger partial charge on any atom is -0.486 e. The Balaban J connectivity index is 1.49. The van der Waals surface area contributed by atoms with Crippen LogP contribution in [0.1, 0.15) is 10.4 Å². The quantitative estimate of drug-likeness (QED) is 0.709. The zero-order valence-electron chi connectivity index (χ0n) is 14.5. The van der Waals surface area contributed by atoms with Gasteiger partial charge in [-0.3, -0.25) is 4.79 Å². The number of hydrogen-bond donors (Lipinski definition) is 2. The number of nitrogens with zero attached hydrogens (tertiary/aromatic N) is 1. The first-order chi connectivity index (χ1) is 13.6. The number of aromatic nitrogens is 1.